The number of phenolic OH excluding ortho intramolecular Hbond substituents is 1. The van der Waals surface area contributed by atoms with Gasteiger partial charge in [-0.1, -0.05) is 12.1 Å². The van der Waals surface area contributed by atoms with Crippen LogP contribution in [0.2, 0.25) is 5.82 Å². The molecule has 0 aliphatic heterocycles. The van der Waals surface area contributed by atoms with Crippen molar-refractivity contribution in [2.24, 2.45) is 0 Å². The Morgan fingerprint density at radius 1 is 1.53 bits per heavy atom. The summed E-state index contributed by atoms with van der Waals surface area (Å²) in [6, 6.07) is 6.51. The second kappa shape index (κ2) is 6.57. The Morgan fingerprint density at radius 3 is 2.71 bits per heavy atom. The summed E-state index contributed by atoms with van der Waals surface area (Å²) in [5, 5.41) is 15.9. The number of benzene rings is 1. The lowest BCUT2D eigenvalue weighted by atomic mass is 9.76. The number of nitrogens with one attached hydrogen (secondary N) is 1. The van der Waals surface area contributed by atoms with Crippen molar-refractivity contribution in [3.05, 3.63) is 29.8 Å². The number of rotatable bonds is 6. The third kappa shape index (κ3) is 4.18. The monoisotopic (exact) mass is 234 g/mol. The first-order valence-corrected chi connectivity index (χ1v) is 5.01. The Morgan fingerprint density at radius 2 is 2.18 bits per heavy atom. The molecule has 1 aromatic carbocycles. The molecule has 0 bridgehead atoms. The zero-order chi connectivity index (χ0) is 12.7. The van der Waals surface area contributed by atoms with Gasteiger partial charge in [0.15, 0.2) is 0 Å². The minimum atomic E-state index is -0.578. The van der Waals surface area contributed by atoms with Crippen LogP contribution in [-0.4, -0.2) is 32.1 Å². The first kappa shape index (κ1) is 13.1. The maximum atomic E-state index is 11.4. The topological polar surface area (TPSA) is 79.6 Å². The van der Waals surface area contributed by atoms with Crippen LogP contribution < -0.4 is 0 Å². The molecule has 1 radical (unpaired) electrons. The molecule has 0 heterocycles. The predicted molar refractivity (Wildman–Crippen MR) is 63.2 cm³/mol. The van der Waals surface area contributed by atoms with Gasteiger partial charge in [0.1, 0.15) is 12.2 Å². The third-order valence-electron chi connectivity index (χ3n) is 2.21. The largest absolute Gasteiger partial charge is 0.555 e. The summed E-state index contributed by atoms with van der Waals surface area (Å²) in [5.74, 6) is -0.839. The highest BCUT2D eigenvalue weighted by molar-refractivity contribution is 6.38. The average Bonchev–Trinajstić information content (AvgIpc) is 2.36. The molecule has 1 atom stereocenters. The van der Waals surface area contributed by atoms with E-state index in [4.69, 9.17) is 10.5 Å². The fraction of sp³-hybridized carbons (Fsp3) is 0.273. The van der Waals surface area contributed by atoms with E-state index in [9.17, 15) is 4.79 Å². The average molecular weight is 234 g/mol. The van der Waals surface area contributed by atoms with Crippen molar-refractivity contribution in [3.63, 3.8) is 0 Å². The van der Waals surface area contributed by atoms with Gasteiger partial charge in [0.2, 0.25) is 0 Å². The maximum Gasteiger partial charge on any atom is 0.386 e. The van der Waals surface area contributed by atoms with Crippen LogP contribution in [0.25, 0.3) is 0 Å². The lowest BCUT2D eigenvalue weighted by molar-refractivity contribution is -0.140. The molecule has 6 heteroatoms. The molecule has 2 N–H and O–H groups in total. The van der Waals surface area contributed by atoms with Crippen LogP contribution in [0.5, 0.6) is 5.75 Å². The van der Waals surface area contributed by atoms with Crippen molar-refractivity contribution >= 4 is 19.9 Å². The molecule has 0 aliphatic rings. The summed E-state index contributed by atoms with van der Waals surface area (Å²) in [6.07, 6.45) is 1.13. The van der Waals surface area contributed by atoms with Gasteiger partial charge in [-0.3, -0.25) is 10.2 Å². The van der Waals surface area contributed by atoms with Crippen molar-refractivity contribution in [1.29, 1.82) is 5.41 Å². The number of phenols is 1. The van der Waals surface area contributed by atoms with E-state index < -0.39 is 11.8 Å². The van der Waals surface area contributed by atoms with E-state index in [1.54, 1.807) is 24.3 Å². The molecule has 0 amide bonds. The first-order valence-electron chi connectivity index (χ1n) is 5.01. The van der Waals surface area contributed by atoms with Crippen LogP contribution in [-0.2, 0) is 20.6 Å². The lowest BCUT2D eigenvalue weighted by Gasteiger charge is -2.12. The molecule has 17 heavy (non-hydrogen) atoms. The molecule has 1 rings (SSSR count). The number of hydrogen-bond acceptors (Lipinski definition) is 5. The van der Waals surface area contributed by atoms with Gasteiger partial charge in [-0.2, -0.15) is 0 Å². The standard InChI is InChI=1S/C11H13BNO4/c1-16-11(15)10(12-17-7-13)6-8-2-4-9(14)5-3-8/h2-5,7,10,13-14H,6H2,1H3/t10-/m0/s1. The van der Waals surface area contributed by atoms with Gasteiger partial charge in [0.25, 0.3) is 0 Å². The quantitative estimate of drug-likeness (QED) is 0.334. The first-order chi connectivity index (χ1) is 8.17. The smallest absolute Gasteiger partial charge is 0.386 e. The Hall–Kier alpha value is -1.98. The van der Waals surface area contributed by atoms with Crippen molar-refractivity contribution in [3.8, 4) is 5.75 Å². The molecule has 5 nitrogen and oxygen atoms in total. The fourth-order valence-electron chi connectivity index (χ4n) is 1.36. The number of esters is 1. The minimum Gasteiger partial charge on any atom is -0.555 e. The number of ether oxygens (including phenoxy) is 1. The number of aromatic hydroxyl groups is 1. The molecule has 1 aromatic rings. The van der Waals surface area contributed by atoms with E-state index in [-0.39, 0.29) is 5.75 Å². The third-order valence-corrected chi connectivity index (χ3v) is 2.21. The highest BCUT2D eigenvalue weighted by Gasteiger charge is 2.23. The summed E-state index contributed by atoms with van der Waals surface area (Å²) >= 11 is 0. The number of carbonyl (C=O) groups is 1. The summed E-state index contributed by atoms with van der Waals surface area (Å²) < 4.78 is 9.31. The second-order valence-corrected chi connectivity index (χ2v) is 3.39. The molecule has 0 saturated carbocycles. The summed E-state index contributed by atoms with van der Waals surface area (Å²) in [6.45, 7) is 0. The summed E-state index contributed by atoms with van der Waals surface area (Å²) in [7, 11) is 2.55. The molecule has 0 unspecified atom stereocenters. The fourth-order valence-corrected chi connectivity index (χ4v) is 1.36. The molecule has 89 valence electrons. The van der Waals surface area contributed by atoms with E-state index in [2.05, 4.69) is 9.39 Å². The van der Waals surface area contributed by atoms with E-state index in [0.717, 1.165) is 12.0 Å². The number of carbonyl (C=O) groups excluding carboxylic acids is 1. The molecule has 0 saturated heterocycles. The Bertz CT molecular complexity index is 380. The molecule has 0 aliphatic carbocycles. The number of hydrogen-bond donors (Lipinski definition) is 2. The van der Waals surface area contributed by atoms with Gasteiger partial charge in [-0.25, -0.2) is 0 Å². The van der Waals surface area contributed by atoms with E-state index >= 15 is 0 Å². The summed E-state index contributed by atoms with van der Waals surface area (Å²) in [4.78, 5) is 11.4. The maximum absolute atomic E-state index is 11.4. The molecule has 0 spiro atoms. The lowest BCUT2D eigenvalue weighted by Crippen LogP contribution is -2.20. The van der Waals surface area contributed by atoms with Crippen LogP contribution in [0.3, 0.4) is 0 Å². The van der Waals surface area contributed by atoms with Crippen LogP contribution in [0.15, 0.2) is 24.3 Å². The van der Waals surface area contributed by atoms with Crippen molar-refractivity contribution in [2.75, 3.05) is 7.11 Å². The van der Waals surface area contributed by atoms with E-state index in [0.29, 0.717) is 6.42 Å². The highest BCUT2D eigenvalue weighted by atomic mass is 16.5. The normalized spacial score (nSPS) is 11.4. The second-order valence-electron chi connectivity index (χ2n) is 3.39. The van der Waals surface area contributed by atoms with Gasteiger partial charge in [0, 0.05) is 0 Å². The van der Waals surface area contributed by atoms with E-state index in [1.807, 2.05) is 0 Å². The Kier molecular flexibility index (Phi) is 5.06. The van der Waals surface area contributed by atoms with Crippen LogP contribution in [0.4, 0.5) is 0 Å². The van der Waals surface area contributed by atoms with Crippen LogP contribution in [0, 0.1) is 5.41 Å². The minimum absolute atomic E-state index is 0.170. The summed E-state index contributed by atoms with van der Waals surface area (Å²) in [5.41, 5.74) is 0.864. The Labute approximate surface area is 100 Å². The molecular formula is C11H13BNO4. The SMILES string of the molecule is COC(=O)[C@@H]([B]OC=N)Cc1ccc(O)cc1. The van der Waals surface area contributed by atoms with Gasteiger partial charge in [0.05, 0.1) is 12.9 Å². The molecule has 0 aromatic heterocycles. The van der Waals surface area contributed by atoms with E-state index in [1.165, 1.54) is 14.6 Å². The predicted octanol–water partition coefficient (Wildman–Crippen LogP) is 1.14. The van der Waals surface area contributed by atoms with Crippen LogP contribution in [0.1, 0.15) is 5.56 Å². The van der Waals surface area contributed by atoms with Crippen molar-refractivity contribution in [2.45, 2.75) is 12.2 Å². The van der Waals surface area contributed by atoms with Gasteiger partial charge in [-0.05, 0) is 24.1 Å². The highest BCUT2D eigenvalue weighted by Crippen LogP contribution is 2.17. The molecule has 0 fully saturated rings. The zero-order valence-corrected chi connectivity index (χ0v) is 9.42. The zero-order valence-electron chi connectivity index (χ0n) is 9.42. The Balaban J connectivity index is 2.67. The van der Waals surface area contributed by atoms with Crippen molar-refractivity contribution < 1.29 is 19.3 Å². The van der Waals surface area contributed by atoms with Gasteiger partial charge < -0.3 is 14.5 Å². The molecular weight excluding hydrogens is 221 g/mol. The number of methoxy groups -OCH3 is 1. The van der Waals surface area contributed by atoms with Crippen molar-refractivity contribution in [1.82, 2.24) is 0 Å². The van der Waals surface area contributed by atoms with Gasteiger partial charge in [-0.15, -0.1) is 0 Å². The van der Waals surface area contributed by atoms with Crippen LogP contribution >= 0.6 is 0 Å². The van der Waals surface area contributed by atoms with Gasteiger partial charge >= 0.3 is 13.5 Å².